The quantitative estimate of drug-likeness (QED) is 0.622. The van der Waals surface area contributed by atoms with Crippen molar-refractivity contribution in [1.29, 1.82) is 0 Å². The van der Waals surface area contributed by atoms with Crippen molar-refractivity contribution in [2.45, 2.75) is 32.0 Å². The van der Waals surface area contributed by atoms with Crippen molar-refractivity contribution in [1.82, 2.24) is 15.0 Å². The summed E-state index contributed by atoms with van der Waals surface area (Å²) in [4.78, 5) is 14.1. The molecule has 28 heavy (non-hydrogen) atoms. The summed E-state index contributed by atoms with van der Waals surface area (Å²) in [6, 6.07) is 12.3. The Bertz CT molecular complexity index is 973. The van der Waals surface area contributed by atoms with Gasteiger partial charge in [-0.05, 0) is 43.0 Å². The number of pyridine rings is 1. The molecule has 0 N–H and O–H groups in total. The zero-order chi connectivity index (χ0) is 19.7. The van der Waals surface area contributed by atoms with E-state index in [1.807, 2.05) is 36.1 Å². The first kappa shape index (κ1) is 18.4. The molecule has 0 spiro atoms. The normalized spacial score (nSPS) is 17.1. The summed E-state index contributed by atoms with van der Waals surface area (Å²) < 4.78 is 40.5. The summed E-state index contributed by atoms with van der Waals surface area (Å²) in [5, 5.41) is 0. The maximum Gasteiger partial charge on any atom is 0.433 e. The van der Waals surface area contributed by atoms with Gasteiger partial charge in [0.25, 0.3) is 0 Å². The van der Waals surface area contributed by atoms with Gasteiger partial charge in [-0.1, -0.05) is 24.3 Å². The minimum absolute atomic E-state index is 0.00229. The van der Waals surface area contributed by atoms with Gasteiger partial charge >= 0.3 is 6.18 Å². The molecule has 4 rings (SSSR count). The maximum absolute atomic E-state index is 13.5. The van der Waals surface area contributed by atoms with Crippen LogP contribution in [0.1, 0.15) is 35.7 Å². The van der Waals surface area contributed by atoms with E-state index in [2.05, 4.69) is 15.0 Å². The van der Waals surface area contributed by atoms with Crippen molar-refractivity contribution in [3.63, 3.8) is 0 Å². The Morgan fingerprint density at radius 1 is 1.04 bits per heavy atom. The molecule has 3 aromatic rings. The highest BCUT2D eigenvalue weighted by Gasteiger charge is 2.36. The Labute approximate surface area is 161 Å². The topological polar surface area (TPSA) is 41.9 Å². The molecular weight excluding hydrogens is 365 g/mol. The number of benzene rings is 1. The van der Waals surface area contributed by atoms with Gasteiger partial charge in [-0.3, -0.25) is 4.98 Å². The van der Waals surface area contributed by atoms with Crippen molar-refractivity contribution >= 4 is 5.82 Å². The minimum Gasteiger partial charge on any atom is -0.349 e. The van der Waals surface area contributed by atoms with Gasteiger partial charge in [-0.25, -0.2) is 9.97 Å². The molecule has 0 aliphatic carbocycles. The lowest BCUT2D eigenvalue weighted by Crippen LogP contribution is -2.25. The average molecular weight is 384 g/mol. The molecule has 1 atom stereocenters. The highest BCUT2D eigenvalue weighted by Crippen LogP contribution is 2.39. The van der Waals surface area contributed by atoms with E-state index in [1.54, 1.807) is 12.1 Å². The lowest BCUT2D eigenvalue weighted by atomic mass is 9.99. The van der Waals surface area contributed by atoms with Crippen molar-refractivity contribution in [3.05, 3.63) is 71.7 Å². The van der Waals surface area contributed by atoms with Crippen LogP contribution in [0.25, 0.3) is 11.4 Å². The molecule has 1 aliphatic rings. The molecule has 2 aromatic heterocycles. The predicted molar refractivity (Wildman–Crippen MR) is 101 cm³/mol. The van der Waals surface area contributed by atoms with Crippen molar-refractivity contribution in [2.24, 2.45) is 0 Å². The zero-order valence-electron chi connectivity index (χ0n) is 15.3. The van der Waals surface area contributed by atoms with Crippen LogP contribution in [0.4, 0.5) is 19.0 Å². The second-order valence-electron chi connectivity index (χ2n) is 6.88. The standard InChI is InChI=1S/C21H19F3N4/c1-14-5-2-3-6-16(14)17-7-4-12-28(17)19-13-18(21(22,23)24)26-20(27-19)15-8-10-25-11-9-15/h2-3,5-6,8-11,13,17H,4,7,12H2,1H3. The van der Waals surface area contributed by atoms with Crippen LogP contribution < -0.4 is 4.90 Å². The van der Waals surface area contributed by atoms with Gasteiger partial charge in [0.15, 0.2) is 11.5 Å². The summed E-state index contributed by atoms with van der Waals surface area (Å²) in [5.41, 5.74) is 1.82. The summed E-state index contributed by atoms with van der Waals surface area (Å²) in [7, 11) is 0. The number of hydrogen-bond acceptors (Lipinski definition) is 4. The van der Waals surface area contributed by atoms with Crippen molar-refractivity contribution in [3.8, 4) is 11.4 Å². The molecule has 1 aromatic carbocycles. The second-order valence-corrected chi connectivity index (χ2v) is 6.88. The molecule has 1 unspecified atom stereocenters. The SMILES string of the molecule is Cc1ccccc1C1CCCN1c1cc(C(F)(F)F)nc(-c2ccncc2)n1. The van der Waals surface area contributed by atoms with Crippen LogP contribution in [-0.2, 0) is 6.18 Å². The lowest BCUT2D eigenvalue weighted by Gasteiger charge is -2.28. The monoisotopic (exact) mass is 384 g/mol. The third kappa shape index (κ3) is 3.56. The molecule has 1 aliphatic heterocycles. The summed E-state index contributed by atoms with van der Waals surface area (Å²) in [6.07, 6.45) is 0.266. The van der Waals surface area contributed by atoms with E-state index < -0.39 is 11.9 Å². The van der Waals surface area contributed by atoms with Gasteiger partial charge in [-0.2, -0.15) is 13.2 Å². The van der Waals surface area contributed by atoms with Crippen LogP contribution in [-0.4, -0.2) is 21.5 Å². The van der Waals surface area contributed by atoms with Gasteiger partial charge in [0.2, 0.25) is 0 Å². The van der Waals surface area contributed by atoms with Crippen LogP contribution in [0.15, 0.2) is 54.9 Å². The first-order valence-corrected chi connectivity index (χ1v) is 9.12. The van der Waals surface area contributed by atoms with Crippen molar-refractivity contribution < 1.29 is 13.2 Å². The van der Waals surface area contributed by atoms with E-state index in [4.69, 9.17) is 0 Å². The Balaban J connectivity index is 1.81. The number of anilines is 1. The van der Waals surface area contributed by atoms with E-state index in [0.29, 0.717) is 17.9 Å². The van der Waals surface area contributed by atoms with E-state index in [0.717, 1.165) is 30.0 Å². The number of alkyl halides is 3. The molecule has 7 heteroatoms. The molecule has 3 heterocycles. The number of hydrogen-bond donors (Lipinski definition) is 0. The van der Waals surface area contributed by atoms with Crippen LogP contribution >= 0.6 is 0 Å². The zero-order valence-corrected chi connectivity index (χ0v) is 15.3. The van der Waals surface area contributed by atoms with Gasteiger partial charge < -0.3 is 4.90 Å². The predicted octanol–water partition coefficient (Wildman–Crippen LogP) is 5.21. The smallest absolute Gasteiger partial charge is 0.349 e. The van der Waals surface area contributed by atoms with E-state index in [1.165, 1.54) is 12.4 Å². The van der Waals surface area contributed by atoms with E-state index in [9.17, 15) is 13.2 Å². The third-order valence-electron chi connectivity index (χ3n) is 5.04. The highest BCUT2D eigenvalue weighted by molar-refractivity contribution is 5.58. The maximum atomic E-state index is 13.5. The van der Waals surface area contributed by atoms with Gasteiger partial charge in [-0.15, -0.1) is 0 Å². The first-order valence-electron chi connectivity index (χ1n) is 9.12. The molecule has 0 radical (unpaired) electrons. The van der Waals surface area contributed by atoms with Crippen LogP contribution in [0.5, 0.6) is 0 Å². The second kappa shape index (κ2) is 7.22. The third-order valence-corrected chi connectivity index (χ3v) is 5.04. The lowest BCUT2D eigenvalue weighted by molar-refractivity contribution is -0.141. The Morgan fingerprint density at radius 3 is 2.50 bits per heavy atom. The van der Waals surface area contributed by atoms with Gasteiger partial charge in [0.05, 0.1) is 6.04 Å². The highest BCUT2D eigenvalue weighted by atomic mass is 19.4. The van der Waals surface area contributed by atoms with Gasteiger partial charge in [0, 0.05) is 30.6 Å². The van der Waals surface area contributed by atoms with Crippen LogP contribution in [0, 0.1) is 6.92 Å². The number of halogens is 3. The van der Waals surface area contributed by atoms with E-state index >= 15 is 0 Å². The summed E-state index contributed by atoms with van der Waals surface area (Å²) in [6.45, 7) is 2.68. The summed E-state index contributed by atoms with van der Waals surface area (Å²) >= 11 is 0. The fourth-order valence-electron chi connectivity index (χ4n) is 3.68. The molecule has 0 bridgehead atoms. The molecule has 4 nitrogen and oxygen atoms in total. The average Bonchev–Trinajstić information content (AvgIpc) is 3.18. The Kier molecular flexibility index (Phi) is 4.75. The largest absolute Gasteiger partial charge is 0.433 e. The number of aromatic nitrogens is 3. The molecule has 1 saturated heterocycles. The van der Waals surface area contributed by atoms with Gasteiger partial charge in [0.1, 0.15) is 5.82 Å². The van der Waals surface area contributed by atoms with Crippen LogP contribution in [0.3, 0.4) is 0 Å². The molecular formula is C21H19F3N4. The van der Waals surface area contributed by atoms with E-state index in [-0.39, 0.29) is 11.9 Å². The minimum atomic E-state index is -4.54. The fraction of sp³-hybridized carbons (Fsp3) is 0.286. The first-order chi connectivity index (χ1) is 13.4. The van der Waals surface area contributed by atoms with Crippen LogP contribution in [0.2, 0.25) is 0 Å². The molecule has 0 saturated carbocycles. The molecule has 0 amide bonds. The summed E-state index contributed by atoms with van der Waals surface area (Å²) in [5.74, 6) is 0.363. The van der Waals surface area contributed by atoms with Crippen molar-refractivity contribution in [2.75, 3.05) is 11.4 Å². The number of aryl methyl sites for hydroxylation is 1. The number of nitrogens with zero attached hydrogens (tertiary/aromatic N) is 4. The number of rotatable bonds is 3. The Hall–Kier alpha value is -2.96. The molecule has 1 fully saturated rings. The molecule has 144 valence electrons. The Morgan fingerprint density at radius 2 is 1.79 bits per heavy atom. The fourth-order valence-corrected chi connectivity index (χ4v) is 3.68.